The number of carbonyl (C=O) groups excluding carboxylic acids is 1. The van der Waals surface area contributed by atoms with Crippen LogP contribution in [0.5, 0.6) is 5.06 Å². The van der Waals surface area contributed by atoms with Gasteiger partial charge in [-0.2, -0.15) is 4.37 Å². The molecule has 0 aliphatic carbocycles. The molecule has 0 saturated heterocycles. The number of hydrogen-bond donors (Lipinski definition) is 0. The number of aryl methyl sites for hydroxylation is 1. The quantitative estimate of drug-likeness (QED) is 0.688. The first kappa shape index (κ1) is 14.5. The molecule has 0 aliphatic rings. The van der Waals surface area contributed by atoms with Gasteiger partial charge in [0.1, 0.15) is 0 Å². The first-order valence-electron chi connectivity index (χ1n) is 6.66. The molecule has 0 unspecified atom stereocenters. The average Bonchev–Trinajstić information content (AvgIpc) is 3.18. The molecule has 5 nitrogen and oxygen atoms in total. The molecule has 6 heteroatoms. The molecule has 0 amide bonds. The van der Waals surface area contributed by atoms with Crippen molar-refractivity contribution in [2.24, 2.45) is 0 Å². The van der Waals surface area contributed by atoms with E-state index in [0.29, 0.717) is 22.0 Å². The van der Waals surface area contributed by atoms with Crippen LogP contribution in [0.3, 0.4) is 0 Å². The molecule has 0 radical (unpaired) electrons. The molecule has 0 saturated carbocycles. The van der Waals surface area contributed by atoms with E-state index in [9.17, 15) is 4.79 Å². The lowest BCUT2D eigenvalue weighted by Crippen LogP contribution is -2.06. The van der Waals surface area contributed by atoms with Gasteiger partial charge in [-0.15, -0.1) is 0 Å². The van der Waals surface area contributed by atoms with E-state index >= 15 is 0 Å². The van der Waals surface area contributed by atoms with Crippen LogP contribution in [0.2, 0.25) is 0 Å². The van der Waals surface area contributed by atoms with E-state index in [1.165, 1.54) is 13.5 Å². The molecular weight excluding hydrogens is 300 g/mol. The first-order valence-corrected chi connectivity index (χ1v) is 7.43. The number of ketones is 1. The summed E-state index contributed by atoms with van der Waals surface area (Å²) in [7, 11) is 1.53. The molecule has 2 heterocycles. The van der Waals surface area contributed by atoms with Crippen molar-refractivity contribution in [1.82, 2.24) is 9.36 Å². The summed E-state index contributed by atoms with van der Waals surface area (Å²) >= 11 is 1.16. The molecule has 0 aliphatic heterocycles. The highest BCUT2D eigenvalue weighted by Gasteiger charge is 2.21. The van der Waals surface area contributed by atoms with Gasteiger partial charge in [0, 0.05) is 22.7 Å². The van der Waals surface area contributed by atoms with Crippen molar-refractivity contribution >= 4 is 17.3 Å². The minimum Gasteiger partial charge on any atom is -0.486 e. The third-order valence-corrected chi connectivity index (χ3v) is 4.33. The minimum absolute atomic E-state index is 0.108. The fourth-order valence-electron chi connectivity index (χ4n) is 2.48. The highest BCUT2D eigenvalue weighted by molar-refractivity contribution is 7.08. The van der Waals surface area contributed by atoms with E-state index in [4.69, 9.17) is 9.15 Å². The SMILES string of the molecule is COc1sncc1C(=O)c1ccc(C)c(-c2cnco2)c1C. The second-order valence-corrected chi connectivity index (χ2v) is 5.62. The Morgan fingerprint density at radius 2 is 2.05 bits per heavy atom. The number of oxazole rings is 1. The molecule has 0 N–H and O–H groups in total. The third kappa shape index (κ3) is 2.31. The molecular formula is C16H14N2O3S. The van der Waals surface area contributed by atoms with Crippen LogP contribution in [0.25, 0.3) is 11.3 Å². The molecule has 112 valence electrons. The van der Waals surface area contributed by atoms with Gasteiger partial charge in [0.2, 0.25) is 5.06 Å². The molecule has 0 atom stereocenters. The number of hydrogen-bond acceptors (Lipinski definition) is 6. The summed E-state index contributed by atoms with van der Waals surface area (Å²) in [5, 5.41) is 0.520. The number of benzene rings is 1. The van der Waals surface area contributed by atoms with Crippen molar-refractivity contribution in [2.75, 3.05) is 7.11 Å². The van der Waals surface area contributed by atoms with Crippen molar-refractivity contribution in [3.05, 3.63) is 53.2 Å². The molecule has 22 heavy (non-hydrogen) atoms. The van der Waals surface area contributed by atoms with E-state index in [2.05, 4.69) is 9.36 Å². The lowest BCUT2D eigenvalue weighted by Gasteiger charge is -2.11. The Bertz CT molecular complexity index is 822. The minimum atomic E-state index is -0.108. The van der Waals surface area contributed by atoms with Crippen LogP contribution in [-0.4, -0.2) is 22.3 Å². The first-order chi connectivity index (χ1) is 10.6. The van der Waals surface area contributed by atoms with Gasteiger partial charge < -0.3 is 9.15 Å². The summed E-state index contributed by atoms with van der Waals surface area (Å²) in [6.45, 7) is 3.89. The Morgan fingerprint density at radius 3 is 2.73 bits per heavy atom. The Labute approximate surface area is 131 Å². The average molecular weight is 314 g/mol. The Balaban J connectivity index is 2.13. The monoisotopic (exact) mass is 314 g/mol. The molecule has 1 aromatic carbocycles. The van der Waals surface area contributed by atoms with Gasteiger partial charge in [-0.05, 0) is 25.0 Å². The summed E-state index contributed by atoms with van der Waals surface area (Å²) in [4.78, 5) is 16.7. The lowest BCUT2D eigenvalue weighted by atomic mass is 9.92. The number of nitrogens with zero attached hydrogens (tertiary/aromatic N) is 2. The van der Waals surface area contributed by atoms with Crippen molar-refractivity contribution in [2.45, 2.75) is 13.8 Å². The fraction of sp³-hybridized carbons (Fsp3) is 0.188. The van der Waals surface area contributed by atoms with E-state index in [-0.39, 0.29) is 5.78 Å². The van der Waals surface area contributed by atoms with E-state index < -0.39 is 0 Å². The van der Waals surface area contributed by atoms with Gasteiger partial charge in [-0.25, -0.2) is 4.98 Å². The molecule has 0 spiro atoms. The van der Waals surface area contributed by atoms with Gasteiger partial charge in [-0.3, -0.25) is 4.79 Å². The Kier molecular flexibility index (Phi) is 3.77. The predicted octanol–water partition coefficient (Wildman–Crippen LogP) is 3.65. The lowest BCUT2D eigenvalue weighted by molar-refractivity contribution is 0.103. The van der Waals surface area contributed by atoms with Crippen LogP contribution >= 0.6 is 11.5 Å². The largest absolute Gasteiger partial charge is 0.486 e. The van der Waals surface area contributed by atoms with Crippen molar-refractivity contribution in [1.29, 1.82) is 0 Å². The Hall–Kier alpha value is -2.47. The standard InChI is InChI=1S/C16H14N2O3S/c1-9-4-5-11(10(2)14(9)13-7-17-8-21-13)15(19)12-6-18-22-16(12)20-3/h4-8H,1-3H3. The smallest absolute Gasteiger partial charge is 0.204 e. The van der Waals surface area contributed by atoms with Crippen LogP contribution in [0.15, 0.2) is 35.3 Å². The third-order valence-electron chi connectivity index (χ3n) is 3.56. The number of aromatic nitrogens is 2. The van der Waals surface area contributed by atoms with Gasteiger partial charge in [0.25, 0.3) is 0 Å². The number of carbonyl (C=O) groups is 1. The van der Waals surface area contributed by atoms with Crippen molar-refractivity contribution in [3.63, 3.8) is 0 Å². The van der Waals surface area contributed by atoms with Crippen LogP contribution in [-0.2, 0) is 0 Å². The van der Waals surface area contributed by atoms with Crippen LogP contribution in [0.1, 0.15) is 27.0 Å². The molecule has 0 fully saturated rings. The zero-order chi connectivity index (χ0) is 15.7. The molecule has 3 aromatic rings. The number of rotatable bonds is 4. The van der Waals surface area contributed by atoms with Crippen LogP contribution in [0, 0.1) is 13.8 Å². The maximum absolute atomic E-state index is 12.8. The second-order valence-electron chi connectivity index (χ2n) is 4.86. The fourth-order valence-corrected chi connectivity index (χ4v) is 3.06. The summed E-state index contributed by atoms with van der Waals surface area (Å²) in [6, 6.07) is 3.73. The summed E-state index contributed by atoms with van der Waals surface area (Å²) < 4.78 is 14.6. The maximum atomic E-state index is 12.8. The Morgan fingerprint density at radius 1 is 1.23 bits per heavy atom. The highest BCUT2D eigenvalue weighted by Crippen LogP contribution is 2.32. The van der Waals surface area contributed by atoms with Gasteiger partial charge >= 0.3 is 0 Å². The van der Waals surface area contributed by atoms with Gasteiger partial charge in [0.05, 0.1) is 25.1 Å². The van der Waals surface area contributed by atoms with Crippen LogP contribution in [0.4, 0.5) is 0 Å². The number of ether oxygens (including phenoxy) is 1. The van der Waals surface area contributed by atoms with E-state index in [0.717, 1.165) is 28.2 Å². The predicted molar refractivity (Wildman–Crippen MR) is 83.5 cm³/mol. The summed E-state index contributed by atoms with van der Waals surface area (Å²) in [5.74, 6) is 0.545. The maximum Gasteiger partial charge on any atom is 0.204 e. The van der Waals surface area contributed by atoms with Crippen molar-refractivity contribution < 1.29 is 13.9 Å². The van der Waals surface area contributed by atoms with Gasteiger partial charge in [-0.1, -0.05) is 12.1 Å². The van der Waals surface area contributed by atoms with E-state index in [1.54, 1.807) is 12.4 Å². The zero-order valence-electron chi connectivity index (χ0n) is 12.4. The zero-order valence-corrected chi connectivity index (χ0v) is 13.2. The van der Waals surface area contributed by atoms with E-state index in [1.807, 2.05) is 26.0 Å². The summed E-state index contributed by atoms with van der Waals surface area (Å²) in [6.07, 6.45) is 4.57. The normalized spacial score (nSPS) is 10.7. The topological polar surface area (TPSA) is 65.2 Å². The summed E-state index contributed by atoms with van der Waals surface area (Å²) in [5.41, 5.74) is 3.86. The second kappa shape index (κ2) is 5.73. The van der Waals surface area contributed by atoms with Crippen molar-refractivity contribution in [3.8, 4) is 16.4 Å². The van der Waals surface area contributed by atoms with Gasteiger partial charge in [0.15, 0.2) is 17.9 Å². The van der Waals surface area contributed by atoms with Crippen LogP contribution < -0.4 is 4.74 Å². The molecule has 0 bridgehead atoms. The molecule has 2 aromatic heterocycles. The number of methoxy groups -OCH3 is 1. The highest BCUT2D eigenvalue weighted by atomic mass is 32.1. The molecule has 3 rings (SSSR count).